The number of nitrogens with one attached hydrogen (secondary N) is 3. The molecule has 3 heterocycles. The van der Waals surface area contributed by atoms with Crippen LogP contribution in [0.25, 0.3) is 11.1 Å². The van der Waals surface area contributed by atoms with Crippen LogP contribution >= 0.6 is 0 Å². The summed E-state index contributed by atoms with van der Waals surface area (Å²) >= 11 is 0. The SMILES string of the molecule is Cc1ccc(S(=O)(=O)N[C@H](Cc2ccccc2)C(=O)NCc2ccccc2-c2ccc([C@@H]3O[C@H](CN4CCC5(CC4)C(=O)NCN5c4ccccc4)C[C@H](c4ccc(CO)cc4)O3)cc2)cc1. The molecule has 0 aromatic heterocycles. The lowest BCUT2D eigenvalue weighted by Crippen LogP contribution is -2.57. The minimum Gasteiger partial charge on any atom is -0.392 e. The molecule has 6 aromatic rings. The Morgan fingerprint density at radius 3 is 2.15 bits per heavy atom. The average Bonchev–Trinajstić information content (AvgIpc) is 3.68. The minimum atomic E-state index is -4.00. The number of hydrogen-bond donors (Lipinski definition) is 4. The molecule has 4 atom stereocenters. The van der Waals surface area contributed by atoms with Crippen molar-refractivity contribution in [1.82, 2.24) is 20.3 Å². The van der Waals surface area contributed by atoms with Gasteiger partial charge in [0.05, 0.1) is 30.4 Å². The highest BCUT2D eigenvalue weighted by Crippen LogP contribution is 2.41. The zero-order chi connectivity index (χ0) is 46.4. The van der Waals surface area contributed by atoms with Gasteiger partial charge in [0.2, 0.25) is 21.8 Å². The number of amides is 2. The van der Waals surface area contributed by atoms with Crippen LogP contribution in [-0.2, 0) is 48.7 Å². The first-order valence-electron chi connectivity index (χ1n) is 23.0. The zero-order valence-electron chi connectivity index (χ0n) is 37.6. The fraction of sp³-hybridized carbons (Fsp3) is 0.296. The van der Waals surface area contributed by atoms with Crippen LogP contribution < -0.4 is 20.3 Å². The number of benzene rings is 6. The third kappa shape index (κ3) is 10.5. The standard InChI is InChI=1S/C54H57N5O7S/c1-38-16-26-47(27-17-38)67(63,64)57-49(32-39-10-4-2-5-11-39)51(61)55-34-44-12-8-9-15-48(44)41-22-24-43(25-23-41)52-65-46(33-50(66-52)42-20-18-40(36-60)19-21-42)35-58-30-28-54(29-31-58)53(62)56-37-59(54)45-13-6-3-7-14-45/h2-27,46,49-50,52,57,60H,28-37H2,1H3,(H,55,61)(H,56,62)/t46-,49+,50+,52+/m0/s1. The first-order chi connectivity index (χ1) is 32.6. The van der Waals surface area contributed by atoms with Crippen LogP contribution in [0.3, 0.4) is 0 Å². The van der Waals surface area contributed by atoms with Crippen LogP contribution in [0.2, 0.25) is 0 Å². The minimum absolute atomic E-state index is 0.0387. The molecule has 0 saturated carbocycles. The molecule has 1 spiro atoms. The van der Waals surface area contributed by atoms with Crippen molar-refractivity contribution < 1.29 is 32.6 Å². The van der Waals surface area contributed by atoms with E-state index in [1.165, 1.54) is 0 Å². The maximum absolute atomic E-state index is 13.9. The quantitative estimate of drug-likeness (QED) is 0.0831. The lowest BCUT2D eigenvalue weighted by atomic mass is 9.85. The zero-order valence-corrected chi connectivity index (χ0v) is 38.4. The van der Waals surface area contributed by atoms with Gasteiger partial charge in [-0.1, -0.05) is 139 Å². The Labute approximate surface area is 393 Å². The van der Waals surface area contributed by atoms with Crippen LogP contribution in [0.5, 0.6) is 0 Å². The van der Waals surface area contributed by atoms with E-state index in [9.17, 15) is 23.1 Å². The van der Waals surface area contributed by atoms with E-state index in [-0.39, 0.29) is 42.6 Å². The fourth-order valence-corrected chi connectivity index (χ4v) is 10.7. The largest absolute Gasteiger partial charge is 0.392 e. The number of carbonyl (C=O) groups excluding carboxylic acids is 2. The molecule has 2 amide bonds. The van der Waals surface area contributed by atoms with Crippen LogP contribution in [0.4, 0.5) is 5.69 Å². The first-order valence-corrected chi connectivity index (χ1v) is 24.5. The van der Waals surface area contributed by atoms with Gasteiger partial charge in [0.25, 0.3) is 0 Å². The summed E-state index contributed by atoms with van der Waals surface area (Å²) in [5.41, 5.74) is 7.65. The molecule has 3 aliphatic heterocycles. The smallest absolute Gasteiger partial charge is 0.247 e. The van der Waals surface area contributed by atoms with Gasteiger partial charge in [-0.05, 0) is 83.8 Å². The van der Waals surface area contributed by atoms with Crippen LogP contribution in [-0.4, -0.2) is 74.2 Å². The number of ether oxygens (including phenoxy) is 2. The lowest BCUT2D eigenvalue weighted by Gasteiger charge is -2.45. The summed E-state index contributed by atoms with van der Waals surface area (Å²) in [7, 11) is -4.00. The summed E-state index contributed by atoms with van der Waals surface area (Å²) in [6.45, 7) is 4.72. The van der Waals surface area contributed by atoms with Crippen LogP contribution in [0, 0.1) is 6.92 Å². The molecule has 0 bridgehead atoms. The number of likely N-dealkylation sites (tertiary alicyclic amines) is 1. The topological polar surface area (TPSA) is 150 Å². The van der Waals surface area contributed by atoms with E-state index in [4.69, 9.17) is 9.47 Å². The average molecular weight is 920 g/mol. The predicted octanol–water partition coefficient (Wildman–Crippen LogP) is 7.33. The van der Waals surface area contributed by atoms with Gasteiger partial charge in [-0.2, -0.15) is 4.72 Å². The van der Waals surface area contributed by atoms with Gasteiger partial charge in [-0.3, -0.25) is 9.59 Å². The highest BCUT2D eigenvalue weighted by Gasteiger charge is 2.50. The monoisotopic (exact) mass is 919 g/mol. The Kier molecular flexibility index (Phi) is 14.0. The Balaban J connectivity index is 0.893. The molecule has 0 radical (unpaired) electrons. The summed E-state index contributed by atoms with van der Waals surface area (Å²) in [6, 6.07) is 48.8. The Morgan fingerprint density at radius 2 is 1.45 bits per heavy atom. The van der Waals surface area contributed by atoms with E-state index in [0.29, 0.717) is 32.5 Å². The molecule has 0 aliphatic carbocycles. The van der Waals surface area contributed by atoms with E-state index in [2.05, 4.69) is 37.3 Å². The van der Waals surface area contributed by atoms with E-state index in [1.54, 1.807) is 24.3 Å². The number of carbonyl (C=O) groups is 2. The molecule has 6 aromatic carbocycles. The second-order valence-corrected chi connectivity index (χ2v) is 19.5. The molecule has 0 unspecified atom stereocenters. The van der Waals surface area contributed by atoms with E-state index >= 15 is 0 Å². The highest BCUT2D eigenvalue weighted by molar-refractivity contribution is 7.89. The molecule has 346 valence electrons. The van der Waals surface area contributed by atoms with Crippen molar-refractivity contribution in [2.24, 2.45) is 0 Å². The molecule has 3 aliphatic rings. The van der Waals surface area contributed by atoms with Crippen molar-refractivity contribution in [3.05, 3.63) is 191 Å². The summed E-state index contributed by atoms with van der Waals surface area (Å²) < 4.78 is 43.2. The van der Waals surface area contributed by atoms with Crippen LogP contribution in [0.1, 0.15) is 65.0 Å². The van der Waals surface area contributed by atoms with Crippen LogP contribution in [0.15, 0.2) is 163 Å². The van der Waals surface area contributed by atoms with Crippen molar-refractivity contribution in [2.75, 3.05) is 31.2 Å². The number of anilines is 1. The van der Waals surface area contributed by atoms with Crippen molar-refractivity contribution in [3.63, 3.8) is 0 Å². The van der Waals surface area contributed by atoms with Gasteiger partial charge in [-0.15, -0.1) is 0 Å². The number of aliphatic hydroxyl groups is 1. The second kappa shape index (κ2) is 20.4. The Bertz CT molecular complexity index is 2730. The van der Waals surface area contributed by atoms with Gasteiger partial charge in [-0.25, -0.2) is 8.42 Å². The van der Waals surface area contributed by atoms with Crippen molar-refractivity contribution in [1.29, 1.82) is 0 Å². The Morgan fingerprint density at radius 1 is 0.791 bits per heavy atom. The maximum Gasteiger partial charge on any atom is 0.247 e. The number of para-hydroxylation sites is 1. The van der Waals surface area contributed by atoms with Crippen molar-refractivity contribution >= 4 is 27.5 Å². The van der Waals surface area contributed by atoms with E-state index in [0.717, 1.165) is 63.3 Å². The lowest BCUT2D eigenvalue weighted by molar-refractivity contribution is -0.253. The second-order valence-electron chi connectivity index (χ2n) is 17.8. The van der Waals surface area contributed by atoms with Gasteiger partial charge >= 0.3 is 0 Å². The summed E-state index contributed by atoms with van der Waals surface area (Å²) in [4.78, 5) is 32.0. The van der Waals surface area contributed by atoms with Gasteiger partial charge in [0.1, 0.15) is 11.6 Å². The Hall–Kier alpha value is -6.19. The number of hydrogen-bond acceptors (Lipinski definition) is 9. The summed E-state index contributed by atoms with van der Waals surface area (Å²) in [6.07, 6.45) is 1.17. The van der Waals surface area contributed by atoms with Crippen molar-refractivity contribution in [2.45, 2.75) is 80.7 Å². The normalized spacial score (nSPS) is 20.1. The number of nitrogens with zero attached hydrogens (tertiary/aromatic N) is 2. The number of aryl methyl sites for hydroxylation is 1. The summed E-state index contributed by atoms with van der Waals surface area (Å²) in [5.74, 6) is -0.346. The molecule has 4 N–H and O–H groups in total. The number of piperidine rings is 1. The molecular weight excluding hydrogens is 863 g/mol. The van der Waals surface area contributed by atoms with Gasteiger partial charge < -0.3 is 35.0 Å². The fourth-order valence-electron chi connectivity index (χ4n) is 9.55. The number of rotatable bonds is 15. The molecule has 13 heteroatoms. The van der Waals surface area contributed by atoms with Crippen molar-refractivity contribution in [3.8, 4) is 11.1 Å². The van der Waals surface area contributed by atoms with Gasteiger partial charge in [0.15, 0.2) is 6.29 Å². The molecule has 3 saturated heterocycles. The highest BCUT2D eigenvalue weighted by atomic mass is 32.2. The molecule has 67 heavy (non-hydrogen) atoms. The number of aliphatic hydroxyl groups excluding tert-OH is 1. The maximum atomic E-state index is 13.9. The predicted molar refractivity (Wildman–Crippen MR) is 258 cm³/mol. The molecule has 3 fully saturated rings. The van der Waals surface area contributed by atoms with Gasteiger partial charge in [0, 0.05) is 43.9 Å². The molecule has 12 nitrogen and oxygen atoms in total. The summed E-state index contributed by atoms with van der Waals surface area (Å²) in [5, 5.41) is 15.9. The molecular formula is C54H57N5O7S. The van der Waals surface area contributed by atoms with E-state index in [1.807, 2.05) is 128 Å². The number of sulfonamides is 1. The first kappa shape index (κ1) is 45.9. The van der Waals surface area contributed by atoms with E-state index < -0.39 is 33.8 Å². The third-order valence-corrected chi connectivity index (χ3v) is 14.8. The third-order valence-electron chi connectivity index (χ3n) is 13.4. The molecule has 9 rings (SSSR count).